The molecule has 2 bridgehead atoms. The van der Waals surface area contributed by atoms with E-state index in [1.165, 1.54) is 12.6 Å². The number of carbonyl (C=O) groups excluding carboxylic acids is 1. The minimum absolute atomic E-state index is 0.156. The lowest BCUT2D eigenvalue weighted by molar-refractivity contribution is 0.0753. The Balaban J connectivity index is 1.55. The zero-order valence-electron chi connectivity index (χ0n) is 13.0. The minimum atomic E-state index is -0.271. The molecule has 4 rings (SSSR count). The van der Waals surface area contributed by atoms with Crippen LogP contribution in [0.2, 0.25) is 0 Å². The van der Waals surface area contributed by atoms with Crippen molar-refractivity contribution in [2.45, 2.75) is 55.9 Å². The topological polar surface area (TPSA) is 90.0 Å². The average Bonchev–Trinajstić information content (AvgIpc) is 2.98. The summed E-state index contributed by atoms with van der Waals surface area (Å²) in [4.78, 5) is 29.4. The Morgan fingerprint density at radius 1 is 1.35 bits per heavy atom. The summed E-state index contributed by atoms with van der Waals surface area (Å²) in [6.45, 7) is 0.635. The summed E-state index contributed by atoms with van der Waals surface area (Å²) >= 11 is 1.56. The van der Waals surface area contributed by atoms with E-state index in [0.29, 0.717) is 23.5 Å². The van der Waals surface area contributed by atoms with Gasteiger partial charge in [-0.1, -0.05) is 18.2 Å². The van der Waals surface area contributed by atoms with Gasteiger partial charge in [-0.05, 0) is 37.5 Å². The third kappa shape index (κ3) is 2.70. The van der Waals surface area contributed by atoms with Crippen molar-refractivity contribution in [3.8, 4) is 0 Å². The van der Waals surface area contributed by atoms with Crippen LogP contribution < -0.4 is 16.6 Å². The predicted molar refractivity (Wildman–Crippen MR) is 88.5 cm³/mol. The molecule has 23 heavy (non-hydrogen) atoms. The van der Waals surface area contributed by atoms with Crippen molar-refractivity contribution in [2.24, 2.45) is 17.6 Å². The maximum atomic E-state index is 12.6. The summed E-state index contributed by atoms with van der Waals surface area (Å²) in [5.41, 5.74) is 6.09. The van der Waals surface area contributed by atoms with Crippen molar-refractivity contribution in [1.29, 1.82) is 0 Å². The van der Waals surface area contributed by atoms with E-state index in [1.54, 1.807) is 16.3 Å². The standard InChI is InChI=1S/C16H22N4O2S/c17-11-6-9-2-1-3-10(7-11)13(9)19-14(21)12-8-18-16-20(15(12)22)4-5-23-16/h8-11,13H,1-7,17H2,(H,19,21). The fourth-order valence-electron chi connectivity index (χ4n) is 4.43. The molecule has 1 aromatic rings. The Morgan fingerprint density at radius 3 is 2.83 bits per heavy atom. The lowest BCUT2D eigenvalue weighted by atomic mass is 9.67. The number of nitrogens with one attached hydrogen (secondary N) is 1. The van der Waals surface area contributed by atoms with E-state index >= 15 is 0 Å². The minimum Gasteiger partial charge on any atom is -0.349 e. The molecule has 0 aromatic carbocycles. The van der Waals surface area contributed by atoms with Crippen LogP contribution in [-0.4, -0.2) is 33.3 Å². The van der Waals surface area contributed by atoms with E-state index in [2.05, 4.69) is 10.3 Å². The molecule has 0 spiro atoms. The van der Waals surface area contributed by atoms with Gasteiger partial charge in [0.2, 0.25) is 0 Å². The van der Waals surface area contributed by atoms with Gasteiger partial charge in [0.25, 0.3) is 11.5 Å². The van der Waals surface area contributed by atoms with Gasteiger partial charge in [-0.2, -0.15) is 0 Å². The van der Waals surface area contributed by atoms with Crippen molar-refractivity contribution >= 4 is 17.7 Å². The summed E-state index contributed by atoms with van der Waals surface area (Å²) < 4.78 is 1.61. The van der Waals surface area contributed by atoms with E-state index in [-0.39, 0.29) is 29.1 Å². The van der Waals surface area contributed by atoms with Crippen LogP contribution in [-0.2, 0) is 6.54 Å². The monoisotopic (exact) mass is 334 g/mol. The number of thioether (sulfide) groups is 1. The molecule has 0 saturated heterocycles. The Morgan fingerprint density at radius 2 is 2.09 bits per heavy atom. The number of nitrogens with two attached hydrogens (primary N) is 1. The molecule has 2 aliphatic carbocycles. The fraction of sp³-hybridized carbons (Fsp3) is 0.688. The summed E-state index contributed by atoms with van der Waals surface area (Å²) in [5, 5.41) is 3.85. The van der Waals surface area contributed by atoms with Gasteiger partial charge in [-0.25, -0.2) is 4.98 Å². The van der Waals surface area contributed by atoms with Crippen molar-refractivity contribution in [2.75, 3.05) is 5.75 Å². The highest BCUT2D eigenvalue weighted by molar-refractivity contribution is 7.99. The summed E-state index contributed by atoms with van der Waals surface area (Å²) in [7, 11) is 0. The molecule has 2 saturated carbocycles. The second kappa shape index (κ2) is 5.94. The van der Waals surface area contributed by atoms with E-state index in [4.69, 9.17) is 5.73 Å². The second-order valence-electron chi connectivity index (χ2n) is 6.94. The Hall–Kier alpha value is -1.34. The molecule has 1 aromatic heterocycles. The van der Waals surface area contributed by atoms with Crippen LogP contribution >= 0.6 is 11.8 Å². The van der Waals surface area contributed by atoms with Crippen LogP contribution in [0.3, 0.4) is 0 Å². The first kappa shape index (κ1) is 15.2. The van der Waals surface area contributed by atoms with Gasteiger partial charge in [0, 0.05) is 30.6 Å². The Labute approximate surface area is 139 Å². The molecular formula is C16H22N4O2S. The molecule has 2 heterocycles. The molecule has 3 N–H and O–H groups in total. The van der Waals surface area contributed by atoms with E-state index < -0.39 is 0 Å². The summed E-state index contributed by atoms with van der Waals surface area (Å²) in [6.07, 6.45) is 6.83. The third-order valence-corrected chi connectivity index (χ3v) is 6.45. The van der Waals surface area contributed by atoms with Crippen LogP contribution in [0.1, 0.15) is 42.5 Å². The lowest BCUT2D eigenvalue weighted by Crippen LogP contribution is -2.54. The molecule has 2 fully saturated rings. The molecule has 6 nitrogen and oxygen atoms in total. The molecule has 0 radical (unpaired) electrons. The second-order valence-corrected chi connectivity index (χ2v) is 8.00. The number of hydrogen-bond donors (Lipinski definition) is 2. The molecule has 2 unspecified atom stereocenters. The Bertz CT molecular complexity index is 675. The van der Waals surface area contributed by atoms with Gasteiger partial charge < -0.3 is 11.1 Å². The quantitative estimate of drug-likeness (QED) is 0.787. The van der Waals surface area contributed by atoms with Crippen LogP contribution in [0.4, 0.5) is 0 Å². The van der Waals surface area contributed by atoms with Gasteiger partial charge in [0.1, 0.15) is 5.56 Å². The van der Waals surface area contributed by atoms with Crippen molar-refractivity contribution in [3.63, 3.8) is 0 Å². The van der Waals surface area contributed by atoms with Gasteiger partial charge in [-0.15, -0.1) is 0 Å². The lowest BCUT2D eigenvalue weighted by Gasteiger charge is -2.45. The summed E-state index contributed by atoms with van der Waals surface area (Å²) in [6, 6.07) is 0.408. The predicted octanol–water partition coefficient (Wildman–Crippen LogP) is 0.985. The van der Waals surface area contributed by atoms with E-state index in [1.807, 2.05) is 0 Å². The van der Waals surface area contributed by atoms with Gasteiger partial charge in [0.05, 0.1) is 0 Å². The zero-order valence-corrected chi connectivity index (χ0v) is 13.8. The SMILES string of the molecule is NC1CC2CCCC(C1)C2NC(=O)c1cnc2n(c1=O)CCS2. The van der Waals surface area contributed by atoms with Gasteiger partial charge in [0.15, 0.2) is 5.16 Å². The first-order valence-electron chi connectivity index (χ1n) is 8.42. The van der Waals surface area contributed by atoms with Crippen molar-refractivity contribution in [1.82, 2.24) is 14.9 Å². The molecule has 1 aliphatic heterocycles. The van der Waals surface area contributed by atoms with Crippen molar-refractivity contribution in [3.05, 3.63) is 22.1 Å². The fourth-order valence-corrected chi connectivity index (χ4v) is 5.34. The molecule has 124 valence electrons. The molecule has 3 aliphatic rings. The van der Waals surface area contributed by atoms with Gasteiger partial charge in [-0.3, -0.25) is 14.2 Å². The van der Waals surface area contributed by atoms with Crippen LogP contribution in [0.5, 0.6) is 0 Å². The molecular weight excluding hydrogens is 312 g/mol. The highest BCUT2D eigenvalue weighted by Crippen LogP contribution is 2.39. The first-order valence-corrected chi connectivity index (χ1v) is 9.41. The average molecular weight is 334 g/mol. The maximum Gasteiger partial charge on any atom is 0.267 e. The molecule has 1 amide bonds. The van der Waals surface area contributed by atoms with Crippen molar-refractivity contribution < 1.29 is 4.79 Å². The van der Waals surface area contributed by atoms with E-state index in [0.717, 1.165) is 31.4 Å². The number of amides is 1. The zero-order chi connectivity index (χ0) is 16.0. The number of nitrogens with zero attached hydrogens (tertiary/aromatic N) is 2. The van der Waals surface area contributed by atoms with Crippen LogP contribution in [0, 0.1) is 11.8 Å². The normalized spacial score (nSPS) is 32.4. The van der Waals surface area contributed by atoms with E-state index in [9.17, 15) is 9.59 Å². The smallest absolute Gasteiger partial charge is 0.267 e. The number of fused-ring (bicyclic) bond motifs is 3. The number of aromatic nitrogens is 2. The highest BCUT2D eigenvalue weighted by atomic mass is 32.2. The van der Waals surface area contributed by atoms with Crippen LogP contribution in [0.25, 0.3) is 0 Å². The van der Waals surface area contributed by atoms with Crippen LogP contribution in [0.15, 0.2) is 16.1 Å². The maximum absolute atomic E-state index is 12.6. The summed E-state index contributed by atoms with van der Waals surface area (Å²) in [5.74, 6) is 1.47. The molecule has 2 atom stereocenters. The first-order chi connectivity index (χ1) is 11.1. The Kier molecular flexibility index (Phi) is 3.93. The number of hydrogen-bond acceptors (Lipinski definition) is 5. The largest absolute Gasteiger partial charge is 0.349 e. The highest BCUT2D eigenvalue weighted by Gasteiger charge is 2.40. The number of carbonyl (C=O) groups is 1. The number of rotatable bonds is 2. The van der Waals surface area contributed by atoms with Gasteiger partial charge >= 0.3 is 0 Å². The third-order valence-electron chi connectivity index (χ3n) is 5.48. The molecule has 7 heteroatoms.